The van der Waals surface area contributed by atoms with E-state index in [0.717, 1.165) is 19.6 Å². The van der Waals surface area contributed by atoms with Crippen LogP contribution in [0.2, 0.25) is 0 Å². The average molecular weight is 414 g/mol. The molecule has 2 rings (SSSR count). The van der Waals surface area contributed by atoms with E-state index in [9.17, 15) is 13.2 Å². The molecule has 2 atom stereocenters. The number of hydrogen-bond acceptors (Lipinski definition) is 5. The third kappa shape index (κ3) is 7.44. The third-order valence-corrected chi connectivity index (χ3v) is 6.78. The van der Waals surface area contributed by atoms with Crippen LogP contribution in [0.1, 0.15) is 32.6 Å². The minimum atomic E-state index is -3.73. The van der Waals surface area contributed by atoms with Gasteiger partial charge in [-0.2, -0.15) is 16.5 Å². The molecule has 0 aliphatic carbocycles. The fraction of sp³-hybridized carbons (Fsp3) is 0.632. The Hall–Kier alpha value is -1.09. The van der Waals surface area contributed by atoms with Gasteiger partial charge in [-0.05, 0) is 63.4 Å². The second kappa shape index (κ2) is 11.0. The van der Waals surface area contributed by atoms with Crippen molar-refractivity contribution in [3.05, 3.63) is 30.3 Å². The van der Waals surface area contributed by atoms with Crippen LogP contribution in [-0.2, 0) is 14.8 Å². The summed E-state index contributed by atoms with van der Waals surface area (Å²) >= 11 is 1.59. The Labute approximate surface area is 167 Å². The molecule has 2 N–H and O–H groups in total. The van der Waals surface area contributed by atoms with Crippen LogP contribution in [0, 0.1) is 0 Å². The predicted octanol–water partition coefficient (Wildman–Crippen LogP) is 2.08. The minimum Gasteiger partial charge on any atom is -0.351 e. The lowest BCUT2D eigenvalue weighted by atomic mass is 10.1. The Morgan fingerprint density at radius 1 is 1.19 bits per heavy atom. The number of rotatable bonds is 10. The van der Waals surface area contributed by atoms with E-state index >= 15 is 0 Å². The van der Waals surface area contributed by atoms with E-state index in [1.54, 1.807) is 30.0 Å². The molecule has 0 bridgehead atoms. The van der Waals surface area contributed by atoms with E-state index < -0.39 is 16.1 Å². The van der Waals surface area contributed by atoms with Gasteiger partial charge in [-0.15, -0.1) is 0 Å². The van der Waals surface area contributed by atoms with E-state index in [-0.39, 0.29) is 16.8 Å². The van der Waals surface area contributed by atoms with Gasteiger partial charge in [0.2, 0.25) is 15.9 Å². The van der Waals surface area contributed by atoms with E-state index in [2.05, 4.69) is 14.9 Å². The van der Waals surface area contributed by atoms with E-state index in [1.807, 2.05) is 13.2 Å². The third-order valence-electron chi connectivity index (χ3n) is 4.65. The number of thioether (sulfide) groups is 1. The van der Waals surface area contributed by atoms with Crippen molar-refractivity contribution >= 4 is 27.7 Å². The zero-order chi connectivity index (χ0) is 19.7. The topological polar surface area (TPSA) is 78.5 Å². The highest BCUT2D eigenvalue weighted by Crippen LogP contribution is 2.12. The normalized spacial score (nSPS) is 18.0. The second-order valence-electron chi connectivity index (χ2n) is 7.04. The Balaban J connectivity index is 1.98. The van der Waals surface area contributed by atoms with Crippen molar-refractivity contribution in [1.82, 2.24) is 14.9 Å². The number of carbonyl (C=O) groups excluding carboxylic acids is 1. The van der Waals surface area contributed by atoms with Crippen LogP contribution in [0.25, 0.3) is 0 Å². The van der Waals surface area contributed by atoms with E-state index in [0.29, 0.717) is 12.2 Å². The first-order chi connectivity index (χ1) is 12.9. The van der Waals surface area contributed by atoms with Crippen molar-refractivity contribution < 1.29 is 13.2 Å². The summed E-state index contributed by atoms with van der Waals surface area (Å²) in [6.45, 7) is 4.91. The van der Waals surface area contributed by atoms with E-state index in [1.165, 1.54) is 31.4 Å². The standard InChI is InChI=1S/C19H31N3O3S2/c1-16(15-22-12-7-4-8-13-22)20-19(23)18(11-14-26-2)21-27(24,25)17-9-5-3-6-10-17/h3,5-6,9-10,16,18,21H,4,7-8,11-15H2,1-2H3,(H,20,23). The summed E-state index contributed by atoms with van der Waals surface area (Å²) in [6.07, 6.45) is 6.08. The molecule has 1 aromatic carbocycles. The molecule has 1 aromatic rings. The summed E-state index contributed by atoms with van der Waals surface area (Å²) in [7, 11) is -3.73. The Morgan fingerprint density at radius 3 is 2.48 bits per heavy atom. The number of sulfonamides is 1. The SMILES string of the molecule is CSCCC(NS(=O)(=O)c1ccccc1)C(=O)NC(C)CN1CCCCC1. The van der Waals surface area contributed by atoms with Crippen molar-refractivity contribution in [2.24, 2.45) is 0 Å². The van der Waals surface area contributed by atoms with Gasteiger partial charge in [0.05, 0.1) is 4.90 Å². The quantitative estimate of drug-likeness (QED) is 0.614. The zero-order valence-corrected chi connectivity index (χ0v) is 17.8. The van der Waals surface area contributed by atoms with Gasteiger partial charge in [-0.1, -0.05) is 24.6 Å². The molecule has 152 valence electrons. The summed E-state index contributed by atoms with van der Waals surface area (Å²) in [6, 6.07) is 7.38. The summed E-state index contributed by atoms with van der Waals surface area (Å²) in [4.78, 5) is 15.3. The maximum atomic E-state index is 12.7. The monoisotopic (exact) mass is 413 g/mol. The van der Waals surface area contributed by atoms with Crippen LogP contribution in [0.15, 0.2) is 35.2 Å². The van der Waals surface area contributed by atoms with Crippen LogP contribution in [-0.4, -0.2) is 63.0 Å². The van der Waals surface area contributed by atoms with Crippen molar-refractivity contribution in [2.45, 2.75) is 49.6 Å². The second-order valence-corrected chi connectivity index (χ2v) is 9.74. The van der Waals surface area contributed by atoms with Gasteiger partial charge in [0, 0.05) is 12.6 Å². The molecular formula is C19H31N3O3S2. The highest BCUT2D eigenvalue weighted by Gasteiger charge is 2.26. The molecule has 1 aliphatic rings. The Bertz CT molecular complexity index is 677. The minimum absolute atomic E-state index is 0.0198. The van der Waals surface area contributed by atoms with Gasteiger partial charge in [-0.3, -0.25) is 4.79 Å². The number of hydrogen-bond donors (Lipinski definition) is 2. The lowest BCUT2D eigenvalue weighted by molar-refractivity contribution is -0.123. The van der Waals surface area contributed by atoms with Gasteiger partial charge in [0.15, 0.2) is 0 Å². The molecule has 6 nitrogen and oxygen atoms in total. The largest absolute Gasteiger partial charge is 0.351 e. The predicted molar refractivity (Wildman–Crippen MR) is 111 cm³/mol. The fourth-order valence-electron chi connectivity index (χ4n) is 3.25. The first kappa shape index (κ1) is 22.2. The molecule has 1 saturated heterocycles. The number of nitrogens with zero attached hydrogens (tertiary/aromatic N) is 1. The van der Waals surface area contributed by atoms with Crippen LogP contribution >= 0.6 is 11.8 Å². The fourth-order valence-corrected chi connectivity index (χ4v) is 4.97. The number of likely N-dealkylation sites (tertiary alicyclic amines) is 1. The van der Waals surface area contributed by atoms with Crippen molar-refractivity contribution in [2.75, 3.05) is 31.6 Å². The maximum absolute atomic E-state index is 12.7. The molecule has 0 saturated carbocycles. The first-order valence-corrected chi connectivity index (χ1v) is 12.4. The van der Waals surface area contributed by atoms with Gasteiger partial charge in [0.25, 0.3) is 0 Å². The van der Waals surface area contributed by atoms with Crippen LogP contribution in [0.5, 0.6) is 0 Å². The van der Waals surface area contributed by atoms with Gasteiger partial charge in [0.1, 0.15) is 6.04 Å². The van der Waals surface area contributed by atoms with E-state index in [4.69, 9.17) is 0 Å². The summed E-state index contributed by atoms with van der Waals surface area (Å²) < 4.78 is 27.8. The maximum Gasteiger partial charge on any atom is 0.241 e. The first-order valence-electron chi connectivity index (χ1n) is 9.51. The molecule has 0 radical (unpaired) electrons. The molecular weight excluding hydrogens is 382 g/mol. The van der Waals surface area contributed by atoms with Gasteiger partial charge < -0.3 is 10.2 Å². The number of nitrogens with one attached hydrogen (secondary N) is 2. The molecule has 1 fully saturated rings. The molecule has 8 heteroatoms. The van der Waals surface area contributed by atoms with Crippen LogP contribution < -0.4 is 10.0 Å². The summed E-state index contributed by atoms with van der Waals surface area (Å²) in [5, 5.41) is 2.99. The van der Waals surface area contributed by atoms with Crippen molar-refractivity contribution in [1.29, 1.82) is 0 Å². The molecule has 1 heterocycles. The van der Waals surface area contributed by atoms with Crippen molar-refractivity contribution in [3.63, 3.8) is 0 Å². The molecule has 0 spiro atoms. The average Bonchev–Trinajstić information content (AvgIpc) is 2.66. The number of amides is 1. The Morgan fingerprint density at radius 2 is 1.85 bits per heavy atom. The highest BCUT2D eigenvalue weighted by atomic mass is 32.2. The lowest BCUT2D eigenvalue weighted by Gasteiger charge is -2.30. The number of benzene rings is 1. The van der Waals surface area contributed by atoms with Gasteiger partial charge in [-0.25, -0.2) is 8.42 Å². The molecule has 1 aliphatic heterocycles. The number of piperidine rings is 1. The smallest absolute Gasteiger partial charge is 0.241 e. The van der Waals surface area contributed by atoms with Crippen molar-refractivity contribution in [3.8, 4) is 0 Å². The van der Waals surface area contributed by atoms with Crippen LogP contribution in [0.3, 0.4) is 0 Å². The molecule has 27 heavy (non-hydrogen) atoms. The molecule has 1 amide bonds. The number of carbonyl (C=O) groups is 1. The summed E-state index contributed by atoms with van der Waals surface area (Å²) in [5.74, 6) is 0.448. The molecule has 2 unspecified atom stereocenters. The molecule has 0 aromatic heterocycles. The Kier molecular flexibility index (Phi) is 9.08. The highest BCUT2D eigenvalue weighted by molar-refractivity contribution is 7.98. The lowest BCUT2D eigenvalue weighted by Crippen LogP contribution is -2.51. The summed E-state index contributed by atoms with van der Waals surface area (Å²) in [5.41, 5.74) is 0. The van der Waals surface area contributed by atoms with Crippen LogP contribution in [0.4, 0.5) is 0 Å². The van der Waals surface area contributed by atoms with Gasteiger partial charge >= 0.3 is 0 Å². The zero-order valence-electron chi connectivity index (χ0n) is 16.2.